The van der Waals surface area contributed by atoms with Crippen molar-refractivity contribution in [3.05, 3.63) is 174 Å². The van der Waals surface area contributed by atoms with Gasteiger partial charge in [-0.1, -0.05) is 94.4 Å². The van der Waals surface area contributed by atoms with E-state index in [1.54, 1.807) is 0 Å². The van der Waals surface area contributed by atoms with Gasteiger partial charge in [-0.15, -0.1) is 0 Å². The van der Waals surface area contributed by atoms with Crippen LogP contribution >= 0.6 is 0 Å². The maximum atomic E-state index is 4.42. The minimum absolute atomic E-state index is 0.189. The molecule has 0 saturated carbocycles. The van der Waals surface area contributed by atoms with Gasteiger partial charge in [0, 0.05) is 63.2 Å². The van der Waals surface area contributed by atoms with Crippen molar-refractivity contribution in [1.82, 2.24) is 14.5 Å². The molecule has 8 aromatic rings. The summed E-state index contributed by atoms with van der Waals surface area (Å²) >= 11 is 0. The summed E-state index contributed by atoms with van der Waals surface area (Å²) in [5, 5.41) is 2.57. The molecule has 1 aliphatic rings. The first-order valence-electron chi connectivity index (χ1n) is 17.1. The number of para-hydroxylation sites is 2. The number of hydrogen-bond acceptors (Lipinski definition) is 2. The van der Waals surface area contributed by atoms with Crippen LogP contribution in [0.15, 0.2) is 152 Å². The van der Waals surface area contributed by atoms with Crippen molar-refractivity contribution in [2.75, 3.05) is 0 Å². The number of pyridine rings is 2. The van der Waals surface area contributed by atoms with E-state index >= 15 is 0 Å². The van der Waals surface area contributed by atoms with E-state index in [-0.39, 0.29) is 10.8 Å². The van der Waals surface area contributed by atoms with Gasteiger partial charge in [0.2, 0.25) is 0 Å². The number of nitrogens with zero attached hydrogens (tertiary/aromatic N) is 3. The van der Waals surface area contributed by atoms with Gasteiger partial charge in [-0.25, -0.2) is 0 Å². The Bertz CT molecular complexity index is 2430. The van der Waals surface area contributed by atoms with E-state index in [0.717, 1.165) is 22.3 Å². The number of rotatable bonds is 4. The second-order valence-corrected chi connectivity index (χ2v) is 14.4. The molecule has 0 aliphatic heterocycles. The SMILES string of the molecule is CC1(C)c2ccc(-n3c4ccccc4c4ccccc43)cc2C(C)(C)c2ccc(-c3cc(-c4cccnc4)cc(-c4cccnc4)c3)cc21. The van der Waals surface area contributed by atoms with Crippen molar-refractivity contribution in [2.45, 2.75) is 38.5 Å². The predicted octanol–water partition coefficient (Wildman–Crippen LogP) is 11.5. The monoisotopic (exact) mass is 631 g/mol. The second kappa shape index (κ2) is 10.9. The molecule has 0 fully saturated rings. The smallest absolute Gasteiger partial charge is 0.0541 e. The largest absolute Gasteiger partial charge is 0.309 e. The molecule has 3 heteroatoms. The van der Waals surface area contributed by atoms with E-state index in [2.05, 4.69) is 157 Å². The van der Waals surface area contributed by atoms with Crippen LogP contribution in [0.25, 0.3) is 60.9 Å². The fourth-order valence-corrected chi connectivity index (χ4v) is 8.20. The zero-order valence-electron chi connectivity index (χ0n) is 28.3. The van der Waals surface area contributed by atoms with Gasteiger partial charge >= 0.3 is 0 Å². The van der Waals surface area contributed by atoms with Crippen molar-refractivity contribution < 1.29 is 0 Å². The normalized spacial score (nSPS) is 14.4. The molecule has 3 heterocycles. The van der Waals surface area contributed by atoms with Crippen LogP contribution in [0, 0.1) is 0 Å². The van der Waals surface area contributed by atoms with Crippen LogP contribution in [-0.2, 0) is 10.8 Å². The Morgan fingerprint density at radius 2 is 0.898 bits per heavy atom. The minimum Gasteiger partial charge on any atom is -0.309 e. The number of fused-ring (bicyclic) bond motifs is 5. The minimum atomic E-state index is -0.192. The van der Waals surface area contributed by atoms with E-state index in [9.17, 15) is 0 Å². The Balaban J connectivity index is 1.20. The Morgan fingerprint density at radius 1 is 0.408 bits per heavy atom. The molecule has 0 amide bonds. The highest BCUT2D eigenvalue weighted by atomic mass is 15.0. The average molecular weight is 632 g/mol. The van der Waals surface area contributed by atoms with Crippen LogP contribution in [-0.4, -0.2) is 14.5 Å². The Morgan fingerprint density at radius 3 is 1.43 bits per heavy atom. The fraction of sp³-hybridized carbons (Fsp3) is 0.130. The van der Waals surface area contributed by atoms with Gasteiger partial charge in [0.05, 0.1) is 11.0 Å². The lowest BCUT2D eigenvalue weighted by molar-refractivity contribution is 0.520. The molecule has 1 aliphatic carbocycles. The van der Waals surface area contributed by atoms with Crippen LogP contribution in [0.4, 0.5) is 0 Å². The molecule has 0 spiro atoms. The molecule has 0 atom stereocenters. The van der Waals surface area contributed by atoms with Gasteiger partial charge in [-0.3, -0.25) is 9.97 Å². The Hall–Kier alpha value is -5.80. The molecule has 3 nitrogen and oxygen atoms in total. The summed E-state index contributed by atoms with van der Waals surface area (Å²) in [5.41, 5.74) is 15.7. The van der Waals surface area contributed by atoms with Crippen molar-refractivity contribution in [1.29, 1.82) is 0 Å². The summed E-state index contributed by atoms with van der Waals surface area (Å²) in [6.07, 6.45) is 7.53. The highest BCUT2D eigenvalue weighted by Gasteiger charge is 2.42. The van der Waals surface area contributed by atoms with Gasteiger partial charge in [0.25, 0.3) is 0 Å². The predicted molar refractivity (Wildman–Crippen MR) is 203 cm³/mol. The molecule has 9 rings (SSSR count). The van der Waals surface area contributed by atoms with Crippen molar-refractivity contribution in [3.63, 3.8) is 0 Å². The summed E-state index contributed by atoms with van der Waals surface area (Å²) in [6.45, 7) is 9.55. The highest BCUT2D eigenvalue weighted by Crippen LogP contribution is 2.51. The molecule has 0 radical (unpaired) electrons. The zero-order chi connectivity index (χ0) is 33.3. The summed E-state index contributed by atoms with van der Waals surface area (Å²) in [5.74, 6) is 0. The molecule has 3 aromatic heterocycles. The van der Waals surface area contributed by atoms with Gasteiger partial charge < -0.3 is 4.57 Å². The lowest BCUT2D eigenvalue weighted by atomic mass is 9.59. The van der Waals surface area contributed by atoms with Crippen LogP contribution in [0.3, 0.4) is 0 Å². The standard InChI is InChI=1S/C46H37N3/c1-45(2)40-20-18-36(49-43-15-7-5-13-37(43)38-14-6-8-16-44(38)49)27-42(40)46(3,4)39-19-17-30(26-41(39)45)33-23-34(31-11-9-21-47-28-31)25-35(24-33)32-12-10-22-48-29-32/h5-29H,1-4H3. The van der Waals surface area contributed by atoms with Gasteiger partial charge in [-0.05, 0) is 105 Å². The molecule has 0 unspecified atom stereocenters. The maximum Gasteiger partial charge on any atom is 0.0541 e. The first-order valence-corrected chi connectivity index (χ1v) is 17.1. The van der Waals surface area contributed by atoms with Gasteiger partial charge in [0.15, 0.2) is 0 Å². The third kappa shape index (κ3) is 4.57. The third-order valence-electron chi connectivity index (χ3n) is 10.8. The summed E-state index contributed by atoms with van der Waals surface area (Å²) in [6, 6.07) is 46.9. The zero-order valence-corrected chi connectivity index (χ0v) is 28.3. The lowest BCUT2D eigenvalue weighted by Crippen LogP contribution is -2.36. The number of benzene rings is 5. The Kier molecular flexibility index (Phi) is 6.51. The summed E-state index contributed by atoms with van der Waals surface area (Å²) in [4.78, 5) is 8.84. The van der Waals surface area contributed by atoms with Gasteiger partial charge in [-0.2, -0.15) is 0 Å². The molecule has 0 N–H and O–H groups in total. The quantitative estimate of drug-likeness (QED) is 0.193. The van der Waals surface area contributed by atoms with Crippen LogP contribution < -0.4 is 0 Å². The van der Waals surface area contributed by atoms with Crippen molar-refractivity contribution in [2.24, 2.45) is 0 Å². The number of hydrogen-bond donors (Lipinski definition) is 0. The summed E-state index contributed by atoms with van der Waals surface area (Å²) < 4.78 is 2.43. The number of aromatic nitrogens is 3. The molecular weight excluding hydrogens is 595 g/mol. The molecule has 236 valence electrons. The van der Waals surface area contributed by atoms with E-state index in [0.29, 0.717) is 0 Å². The topological polar surface area (TPSA) is 30.7 Å². The summed E-state index contributed by atoms with van der Waals surface area (Å²) in [7, 11) is 0. The van der Waals surface area contributed by atoms with E-state index in [1.165, 1.54) is 60.9 Å². The van der Waals surface area contributed by atoms with E-state index in [4.69, 9.17) is 0 Å². The first kappa shape index (κ1) is 29.3. The third-order valence-corrected chi connectivity index (χ3v) is 10.8. The van der Waals surface area contributed by atoms with Crippen LogP contribution in [0.5, 0.6) is 0 Å². The lowest BCUT2D eigenvalue weighted by Gasteiger charge is -2.44. The molecule has 5 aromatic carbocycles. The van der Waals surface area contributed by atoms with Crippen LogP contribution in [0.1, 0.15) is 49.9 Å². The van der Waals surface area contributed by atoms with Crippen molar-refractivity contribution in [3.8, 4) is 39.1 Å². The second-order valence-electron chi connectivity index (χ2n) is 14.4. The van der Waals surface area contributed by atoms with Crippen molar-refractivity contribution >= 4 is 21.8 Å². The van der Waals surface area contributed by atoms with E-state index < -0.39 is 0 Å². The molecular formula is C46H37N3. The molecule has 49 heavy (non-hydrogen) atoms. The fourth-order valence-electron chi connectivity index (χ4n) is 8.20. The average Bonchev–Trinajstić information content (AvgIpc) is 3.49. The Labute approximate surface area is 287 Å². The van der Waals surface area contributed by atoms with Crippen LogP contribution in [0.2, 0.25) is 0 Å². The first-order chi connectivity index (χ1) is 23.8. The molecule has 0 bridgehead atoms. The van der Waals surface area contributed by atoms with Gasteiger partial charge in [0.1, 0.15) is 0 Å². The van der Waals surface area contributed by atoms with E-state index in [1.807, 2.05) is 36.9 Å². The molecule has 0 saturated heterocycles. The maximum absolute atomic E-state index is 4.42. The highest BCUT2D eigenvalue weighted by molar-refractivity contribution is 6.09.